The third-order valence-corrected chi connectivity index (χ3v) is 7.03. The quantitative estimate of drug-likeness (QED) is 0.317. The molecule has 3 N–H and O–H groups in total. The van der Waals surface area contributed by atoms with Crippen LogP contribution in [-0.4, -0.2) is 65.6 Å². The van der Waals surface area contributed by atoms with Crippen molar-refractivity contribution in [3.05, 3.63) is 35.4 Å². The van der Waals surface area contributed by atoms with E-state index in [-0.39, 0.29) is 49.1 Å². The summed E-state index contributed by atoms with van der Waals surface area (Å²) < 4.78 is 5.13. The Balaban J connectivity index is 1.61. The van der Waals surface area contributed by atoms with Crippen LogP contribution in [0.2, 0.25) is 0 Å². The van der Waals surface area contributed by atoms with Gasteiger partial charge in [0, 0.05) is 12.6 Å². The Kier molecular flexibility index (Phi) is 10.2. The van der Waals surface area contributed by atoms with Crippen molar-refractivity contribution in [1.82, 2.24) is 20.9 Å². The molecule has 2 saturated heterocycles. The average Bonchev–Trinajstić information content (AvgIpc) is 3.29. The van der Waals surface area contributed by atoms with Gasteiger partial charge in [0.25, 0.3) is 0 Å². The Hall–Kier alpha value is -3.27. The smallest absolute Gasteiger partial charge is 0.313 e. The number of rotatable bonds is 10. The van der Waals surface area contributed by atoms with Crippen molar-refractivity contribution in [2.75, 3.05) is 7.05 Å². The van der Waals surface area contributed by atoms with Gasteiger partial charge in [-0.1, -0.05) is 37.1 Å². The molecule has 0 aromatic heterocycles. The van der Waals surface area contributed by atoms with Gasteiger partial charge in [-0.3, -0.25) is 24.0 Å². The molecular formula is C27H38N4O6. The highest BCUT2D eigenvalue weighted by Crippen LogP contribution is 2.31. The van der Waals surface area contributed by atoms with Gasteiger partial charge in [-0.25, -0.2) is 0 Å². The molecule has 202 valence electrons. The van der Waals surface area contributed by atoms with Gasteiger partial charge in [-0.15, -0.1) is 0 Å². The largest absolute Gasteiger partial charge is 0.460 e. The van der Waals surface area contributed by atoms with Crippen molar-refractivity contribution in [1.29, 1.82) is 0 Å². The van der Waals surface area contributed by atoms with Crippen LogP contribution in [0.25, 0.3) is 0 Å². The number of nitrogens with one attached hydrogen (secondary N) is 3. The van der Waals surface area contributed by atoms with Crippen molar-refractivity contribution in [3.8, 4) is 0 Å². The number of fused-ring (bicyclic) bond motifs is 1. The minimum absolute atomic E-state index is 0.00214. The first kappa shape index (κ1) is 28.3. The minimum Gasteiger partial charge on any atom is -0.460 e. The van der Waals surface area contributed by atoms with Crippen LogP contribution >= 0.6 is 0 Å². The van der Waals surface area contributed by atoms with Gasteiger partial charge in [0.05, 0.1) is 6.04 Å². The third-order valence-electron chi connectivity index (χ3n) is 7.03. The van der Waals surface area contributed by atoms with Crippen LogP contribution in [0.3, 0.4) is 0 Å². The molecule has 4 atom stereocenters. The van der Waals surface area contributed by atoms with Gasteiger partial charge in [0.1, 0.15) is 30.9 Å². The number of amides is 3. The number of benzene rings is 1. The van der Waals surface area contributed by atoms with Crippen LogP contribution in [0.15, 0.2) is 24.3 Å². The first-order chi connectivity index (χ1) is 17.7. The summed E-state index contributed by atoms with van der Waals surface area (Å²) in [6, 6.07) is 5.66. The molecule has 2 fully saturated rings. The SMILES string of the molecule is CNC(C)C(=O)NC1CCCCC2CCC(C(=O)NCc3cccc(COC(=O)CC(C)=O)c3)N2C1=O. The van der Waals surface area contributed by atoms with Crippen LogP contribution in [-0.2, 0) is 41.9 Å². The van der Waals surface area contributed by atoms with E-state index in [1.807, 2.05) is 18.2 Å². The van der Waals surface area contributed by atoms with Crippen molar-refractivity contribution in [2.45, 2.75) is 96.1 Å². The Morgan fingerprint density at radius 2 is 1.81 bits per heavy atom. The third kappa shape index (κ3) is 7.85. The van der Waals surface area contributed by atoms with Crippen LogP contribution < -0.4 is 16.0 Å². The molecule has 2 heterocycles. The summed E-state index contributed by atoms with van der Waals surface area (Å²) in [7, 11) is 1.69. The number of ether oxygens (including phenoxy) is 1. The molecular weight excluding hydrogens is 476 g/mol. The summed E-state index contributed by atoms with van der Waals surface area (Å²) >= 11 is 0. The zero-order valence-corrected chi connectivity index (χ0v) is 21.9. The molecule has 0 radical (unpaired) electrons. The van der Waals surface area contributed by atoms with Crippen LogP contribution in [0, 0.1) is 0 Å². The van der Waals surface area contributed by atoms with Gasteiger partial charge in [0.2, 0.25) is 17.7 Å². The first-order valence-electron chi connectivity index (χ1n) is 13.0. The summed E-state index contributed by atoms with van der Waals surface area (Å²) in [6.07, 6.45) is 4.30. The van der Waals surface area contributed by atoms with Gasteiger partial charge in [-0.05, 0) is 57.7 Å². The number of likely N-dealkylation sites (N-methyl/N-ethyl adjacent to an activating group) is 1. The predicted octanol–water partition coefficient (Wildman–Crippen LogP) is 1.35. The zero-order valence-electron chi connectivity index (χ0n) is 21.9. The molecule has 3 amide bonds. The van der Waals surface area contributed by atoms with E-state index in [1.54, 1.807) is 24.9 Å². The molecule has 4 unspecified atom stereocenters. The highest BCUT2D eigenvalue weighted by molar-refractivity contribution is 5.94. The van der Waals surface area contributed by atoms with Crippen molar-refractivity contribution >= 4 is 29.5 Å². The number of carbonyl (C=O) groups excluding carboxylic acids is 5. The molecule has 0 bridgehead atoms. The van der Waals surface area contributed by atoms with Crippen LogP contribution in [0.1, 0.15) is 69.9 Å². The number of nitrogens with zero attached hydrogens (tertiary/aromatic N) is 1. The molecule has 10 heteroatoms. The summed E-state index contributed by atoms with van der Waals surface area (Å²) in [6.45, 7) is 3.37. The van der Waals surface area contributed by atoms with E-state index in [9.17, 15) is 24.0 Å². The lowest BCUT2D eigenvalue weighted by Crippen LogP contribution is -2.57. The van der Waals surface area contributed by atoms with Crippen molar-refractivity contribution in [2.24, 2.45) is 0 Å². The normalized spacial score (nSPS) is 22.3. The fourth-order valence-corrected chi connectivity index (χ4v) is 4.91. The Bertz CT molecular complexity index is 1010. The molecule has 10 nitrogen and oxygen atoms in total. The van der Waals surface area contributed by atoms with Gasteiger partial charge < -0.3 is 25.6 Å². The number of ketones is 1. The monoisotopic (exact) mass is 514 g/mol. The van der Waals surface area contributed by atoms with E-state index in [1.165, 1.54) is 6.92 Å². The molecule has 1 aromatic rings. The number of carbonyl (C=O) groups is 5. The maximum atomic E-state index is 13.5. The summed E-state index contributed by atoms with van der Waals surface area (Å²) in [4.78, 5) is 63.5. The Morgan fingerprint density at radius 1 is 1.08 bits per heavy atom. The Morgan fingerprint density at radius 3 is 2.54 bits per heavy atom. The van der Waals surface area contributed by atoms with E-state index in [0.717, 1.165) is 36.8 Å². The molecule has 2 aliphatic heterocycles. The maximum absolute atomic E-state index is 13.5. The standard InChI is InChI=1S/C27H38N4O6/c1-17(32)13-24(33)37-16-20-8-6-7-19(14-20)15-29-26(35)23-12-11-21-9-4-5-10-22(27(36)31(21)23)30-25(34)18(2)28-3/h6-8,14,18,21-23,28H,4-5,9-13,15-16H2,1-3H3,(H,29,35)(H,30,34). The second kappa shape index (κ2) is 13.3. The molecule has 3 rings (SSSR count). The van der Waals surface area contributed by atoms with E-state index in [2.05, 4.69) is 16.0 Å². The fourth-order valence-electron chi connectivity index (χ4n) is 4.91. The molecule has 0 saturated carbocycles. The summed E-state index contributed by atoms with van der Waals surface area (Å²) in [5.41, 5.74) is 1.58. The average molecular weight is 515 g/mol. The maximum Gasteiger partial charge on any atom is 0.313 e. The predicted molar refractivity (Wildman–Crippen MR) is 136 cm³/mol. The van der Waals surface area contributed by atoms with E-state index >= 15 is 0 Å². The second-order valence-electron chi connectivity index (χ2n) is 9.93. The highest BCUT2D eigenvalue weighted by atomic mass is 16.5. The van der Waals surface area contributed by atoms with E-state index in [0.29, 0.717) is 12.8 Å². The fraction of sp³-hybridized carbons (Fsp3) is 0.593. The van der Waals surface area contributed by atoms with Gasteiger partial charge in [0.15, 0.2) is 0 Å². The van der Waals surface area contributed by atoms with Crippen LogP contribution in [0.4, 0.5) is 0 Å². The lowest BCUT2D eigenvalue weighted by molar-refractivity contribution is -0.147. The number of Topliss-reactive ketones (excluding diaryl/α,β-unsaturated/α-hetero) is 1. The number of hydrogen-bond acceptors (Lipinski definition) is 7. The first-order valence-corrected chi connectivity index (χ1v) is 13.0. The second-order valence-corrected chi connectivity index (χ2v) is 9.93. The molecule has 1 aromatic carbocycles. The van der Waals surface area contributed by atoms with Crippen molar-refractivity contribution in [3.63, 3.8) is 0 Å². The summed E-state index contributed by atoms with van der Waals surface area (Å²) in [5, 5.41) is 8.71. The van der Waals surface area contributed by atoms with Crippen molar-refractivity contribution < 1.29 is 28.7 Å². The molecule has 0 spiro atoms. The van der Waals surface area contributed by atoms with Gasteiger partial charge >= 0.3 is 5.97 Å². The Labute approximate surface area is 217 Å². The highest BCUT2D eigenvalue weighted by Gasteiger charge is 2.43. The molecule has 37 heavy (non-hydrogen) atoms. The summed E-state index contributed by atoms with van der Waals surface area (Å²) in [5.74, 6) is -1.47. The molecule has 2 aliphatic rings. The minimum atomic E-state index is -0.637. The van der Waals surface area contributed by atoms with E-state index < -0.39 is 24.1 Å². The lowest BCUT2D eigenvalue weighted by Gasteiger charge is -2.35. The number of esters is 1. The van der Waals surface area contributed by atoms with Crippen LogP contribution in [0.5, 0.6) is 0 Å². The van der Waals surface area contributed by atoms with Gasteiger partial charge in [-0.2, -0.15) is 0 Å². The number of hydrogen-bond donors (Lipinski definition) is 3. The van der Waals surface area contributed by atoms with E-state index in [4.69, 9.17) is 4.74 Å². The lowest BCUT2D eigenvalue weighted by atomic mass is 9.98. The zero-order chi connectivity index (χ0) is 26.9. The topological polar surface area (TPSA) is 134 Å². The molecule has 0 aliphatic carbocycles.